The van der Waals surface area contributed by atoms with Gasteiger partial charge in [0.05, 0.1) is 11.8 Å². The fourth-order valence-electron chi connectivity index (χ4n) is 4.06. The Labute approximate surface area is 180 Å². The number of hydrogen-bond acceptors (Lipinski definition) is 4. The van der Waals surface area contributed by atoms with Gasteiger partial charge in [-0.1, -0.05) is 60.7 Å². The predicted molar refractivity (Wildman–Crippen MR) is 121 cm³/mol. The van der Waals surface area contributed by atoms with Gasteiger partial charge in [0.2, 0.25) is 0 Å². The van der Waals surface area contributed by atoms with Gasteiger partial charge in [-0.2, -0.15) is 0 Å². The summed E-state index contributed by atoms with van der Waals surface area (Å²) < 4.78 is 5.55. The molecule has 1 aliphatic carbocycles. The molecule has 1 amide bonds. The summed E-state index contributed by atoms with van der Waals surface area (Å²) in [6.45, 7) is 0.832. The average molecular weight is 410 g/mol. The molecule has 2 aromatic heterocycles. The van der Waals surface area contributed by atoms with E-state index in [1.54, 1.807) is 12.5 Å². The summed E-state index contributed by atoms with van der Waals surface area (Å²) in [5, 5.41) is 2.82. The molecule has 5 rings (SSSR count). The zero-order chi connectivity index (χ0) is 21.0. The van der Waals surface area contributed by atoms with Crippen molar-refractivity contribution in [3.05, 3.63) is 89.9 Å². The number of aromatic nitrogens is 3. The number of amides is 1. The Morgan fingerprint density at radius 1 is 1.06 bits per heavy atom. The Morgan fingerprint density at radius 2 is 1.81 bits per heavy atom. The minimum atomic E-state index is -0.393. The molecule has 2 heterocycles. The molecule has 4 aromatic rings. The minimum absolute atomic E-state index is 0.0722. The number of carbonyl (C=O) groups is 1. The number of aromatic amines is 1. The Hall–Kier alpha value is -3.93. The van der Waals surface area contributed by atoms with Gasteiger partial charge in [0.1, 0.15) is 6.61 Å². The van der Waals surface area contributed by atoms with Gasteiger partial charge >= 0.3 is 6.09 Å². The van der Waals surface area contributed by atoms with Crippen molar-refractivity contribution in [3.8, 4) is 11.1 Å². The van der Waals surface area contributed by atoms with Crippen LogP contribution in [0.15, 0.2) is 73.2 Å². The third-order valence-corrected chi connectivity index (χ3v) is 5.53. The quantitative estimate of drug-likeness (QED) is 0.443. The van der Waals surface area contributed by atoms with E-state index in [1.807, 2.05) is 42.5 Å². The van der Waals surface area contributed by atoms with Crippen LogP contribution >= 0.6 is 0 Å². The highest BCUT2D eigenvalue weighted by Crippen LogP contribution is 2.44. The zero-order valence-corrected chi connectivity index (χ0v) is 16.9. The van der Waals surface area contributed by atoms with E-state index in [9.17, 15) is 4.79 Å². The van der Waals surface area contributed by atoms with Gasteiger partial charge in [0.15, 0.2) is 5.65 Å². The van der Waals surface area contributed by atoms with Gasteiger partial charge in [0, 0.05) is 18.7 Å². The second kappa shape index (κ2) is 8.44. The van der Waals surface area contributed by atoms with E-state index in [0.29, 0.717) is 25.2 Å². The van der Waals surface area contributed by atoms with Gasteiger partial charge < -0.3 is 15.0 Å². The topological polar surface area (TPSA) is 79.9 Å². The number of H-pyrrole nitrogens is 1. The van der Waals surface area contributed by atoms with Crippen molar-refractivity contribution >= 4 is 23.3 Å². The fourth-order valence-corrected chi connectivity index (χ4v) is 4.06. The Bertz CT molecular complexity index is 1220. The van der Waals surface area contributed by atoms with Crippen LogP contribution < -0.4 is 5.32 Å². The maximum Gasteiger partial charge on any atom is 0.407 e. The monoisotopic (exact) mass is 410 g/mol. The third-order valence-electron chi connectivity index (χ3n) is 5.53. The minimum Gasteiger partial charge on any atom is -0.449 e. The molecule has 2 aromatic carbocycles. The Balaban J connectivity index is 1.12. The van der Waals surface area contributed by atoms with Crippen LogP contribution in [0.3, 0.4) is 0 Å². The maximum absolute atomic E-state index is 12.2. The van der Waals surface area contributed by atoms with Crippen LogP contribution in [0, 0.1) is 0 Å². The summed E-state index contributed by atoms with van der Waals surface area (Å²) in [5.41, 5.74) is 7.45. The van der Waals surface area contributed by atoms with Crippen LogP contribution in [0.5, 0.6) is 0 Å². The molecule has 0 saturated heterocycles. The van der Waals surface area contributed by atoms with E-state index in [0.717, 1.165) is 11.1 Å². The van der Waals surface area contributed by atoms with E-state index in [1.165, 1.54) is 22.3 Å². The van der Waals surface area contributed by atoms with Gasteiger partial charge in [-0.05, 0) is 40.3 Å². The molecule has 0 fully saturated rings. The number of ether oxygens (including phenoxy) is 1. The molecular weight excluding hydrogens is 388 g/mol. The van der Waals surface area contributed by atoms with Crippen LogP contribution in [0.4, 0.5) is 4.79 Å². The van der Waals surface area contributed by atoms with Crippen molar-refractivity contribution in [2.75, 3.05) is 13.2 Å². The standard InChI is InChI=1S/C25H22N4O2/c30-25(26-12-6-5-7-17-13-23-24(27-14-17)29-16-28-23)31-15-22-20-10-3-1-8-18(20)19-9-2-4-11-21(19)22/h1-5,7-11,13-14,16,22H,6,12,15H2,(H,26,30)(H,27,28,29). The molecule has 154 valence electrons. The Morgan fingerprint density at radius 3 is 2.58 bits per heavy atom. The summed E-state index contributed by atoms with van der Waals surface area (Å²) in [6.07, 6.45) is 7.69. The van der Waals surface area contributed by atoms with E-state index in [4.69, 9.17) is 4.74 Å². The number of fused-ring (bicyclic) bond motifs is 4. The summed E-state index contributed by atoms with van der Waals surface area (Å²) in [5.74, 6) is 0.0722. The normalized spacial score (nSPS) is 12.8. The second-order valence-corrected chi connectivity index (χ2v) is 7.49. The first-order valence-corrected chi connectivity index (χ1v) is 10.3. The van der Waals surface area contributed by atoms with Crippen molar-refractivity contribution in [2.45, 2.75) is 12.3 Å². The molecule has 0 aliphatic heterocycles. The summed E-state index contributed by atoms with van der Waals surface area (Å²) in [7, 11) is 0. The first-order valence-electron chi connectivity index (χ1n) is 10.3. The number of alkyl carbamates (subject to hydrolysis) is 1. The highest BCUT2D eigenvalue weighted by atomic mass is 16.5. The van der Waals surface area contributed by atoms with Crippen molar-refractivity contribution in [3.63, 3.8) is 0 Å². The van der Waals surface area contributed by atoms with Crippen molar-refractivity contribution in [1.82, 2.24) is 20.3 Å². The van der Waals surface area contributed by atoms with Crippen LogP contribution in [0.25, 0.3) is 28.4 Å². The van der Waals surface area contributed by atoms with Crippen LogP contribution in [0.2, 0.25) is 0 Å². The van der Waals surface area contributed by atoms with Crippen LogP contribution in [-0.4, -0.2) is 34.2 Å². The van der Waals surface area contributed by atoms with E-state index in [2.05, 4.69) is 44.5 Å². The van der Waals surface area contributed by atoms with E-state index < -0.39 is 6.09 Å². The number of carbonyl (C=O) groups excluding carboxylic acids is 1. The van der Waals surface area contributed by atoms with Crippen molar-refractivity contribution < 1.29 is 9.53 Å². The van der Waals surface area contributed by atoms with Crippen LogP contribution in [0.1, 0.15) is 29.0 Å². The zero-order valence-electron chi connectivity index (χ0n) is 16.9. The predicted octanol–water partition coefficient (Wildman–Crippen LogP) is 4.90. The smallest absolute Gasteiger partial charge is 0.407 e. The molecule has 2 N–H and O–H groups in total. The molecular formula is C25H22N4O2. The molecule has 0 unspecified atom stereocenters. The lowest BCUT2D eigenvalue weighted by Crippen LogP contribution is -2.26. The molecule has 0 saturated carbocycles. The molecule has 31 heavy (non-hydrogen) atoms. The molecule has 0 radical (unpaired) electrons. The van der Waals surface area contributed by atoms with E-state index >= 15 is 0 Å². The molecule has 0 spiro atoms. The Kier molecular flexibility index (Phi) is 5.19. The summed E-state index contributed by atoms with van der Waals surface area (Å²) >= 11 is 0. The van der Waals surface area contributed by atoms with Gasteiger partial charge in [-0.15, -0.1) is 0 Å². The van der Waals surface area contributed by atoms with Gasteiger partial charge in [-0.25, -0.2) is 14.8 Å². The van der Waals surface area contributed by atoms with Crippen molar-refractivity contribution in [1.29, 1.82) is 0 Å². The number of nitrogens with zero attached hydrogens (tertiary/aromatic N) is 2. The highest BCUT2D eigenvalue weighted by molar-refractivity contribution is 5.79. The number of benzene rings is 2. The van der Waals surface area contributed by atoms with Crippen LogP contribution in [-0.2, 0) is 4.74 Å². The summed E-state index contributed by atoms with van der Waals surface area (Å²) in [4.78, 5) is 23.6. The molecule has 6 heteroatoms. The van der Waals surface area contributed by atoms with Gasteiger partial charge in [0.25, 0.3) is 0 Å². The SMILES string of the molecule is O=C(NCCC=Cc1cnc2nc[nH]c2c1)OCC1c2ccccc2-c2ccccc21. The molecule has 0 bridgehead atoms. The lowest BCUT2D eigenvalue weighted by atomic mass is 9.98. The third kappa shape index (κ3) is 3.92. The lowest BCUT2D eigenvalue weighted by Gasteiger charge is -2.14. The molecule has 1 aliphatic rings. The lowest BCUT2D eigenvalue weighted by molar-refractivity contribution is 0.143. The highest BCUT2D eigenvalue weighted by Gasteiger charge is 2.28. The number of hydrogen-bond donors (Lipinski definition) is 2. The van der Waals surface area contributed by atoms with Gasteiger partial charge in [-0.3, -0.25) is 0 Å². The number of pyridine rings is 1. The first kappa shape index (κ1) is 19.1. The number of imidazole rings is 1. The van der Waals surface area contributed by atoms with Crippen molar-refractivity contribution in [2.24, 2.45) is 0 Å². The number of rotatable bonds is 6. The second-order valence-electron chi connectivity index (χ2n) is 7.49. The maximum atomic E-state index is 12.2. The average Bonchev–Trinajstić information content (AvgIpc) is 3.40. The largest absolute Gasteiger partial charge is 0.449 e. The molecule has 0 atom stereocenters. The molecule has 6 nitrogen and oxygen atoms in total. The summed E-state index contributed by atoms with van der Waals surface area (Å²) in [6, 6.07) is 18.6. The van der Waals surface area contributed by atoms with E-state index in [-0.39, 0.29) is 5.92 Å². The first-order chi connectivity index (χ1) is 15.3. The number of nitrogens with one attached hydrogen (secondary N) is 2. The fraction of sp³-hybridized carbons (Fsp3) is 0.160.